The molecule has 1 saturated carbocycles. The van der Waals surface area contributed by atoms with E-state index in [9.17, 15) is 5.11 Å². The summed E-state index contributed by atoms with van der Waals surface area (Å²) in [6.45, 7) is 2.75. The third-order valence-corrected chi connectivity index (χ3v) is 3.47. The lowest BCUT2D eigenvalue weighted by atomic mass is 9.83. The van der Waals surface area contributed by atoms with Gasteiger partial charge in [0, 0.05) is 6.54 Å². The van der Waals surface area contributed by atoms with Crippen molar-refractivity contribution in [3.63, 3.8) is 0 Å². The van der Waals surface area contributed by atoms with E-state index in [1.54, 1.807) is 0 Å². The van der Waals surface area contributed by atoms with Crippen LogP contribution in [0.5, 0.6) is 0 Å². The number of rotatable bonds is 5. The van der Waals surface area contributed by atoms with Gasteiger partial charge in [-0.3, -0.25) is 0 Å². The summed E-state index contributed by atoms with van der Waals surface area (Å²) in [5.41, 5.74) is -0.499. The molecule has 1 aliphatic carbocycles. The van der Waals surface area contributed by atoms with E-state index in [4.69, 9.17) is 0 Å². The molecule has 0 spiro atoms. The van der Waals surface area contributed by atoms with Crippen LogP contribution in [-0.2, 0) is 0 Å². The van der Waals surface area contributed by atoms with E-state index in [0.29, 0.717) is 0 Å². The Morgan fingerprint density at radius 2 is 1.80 bits per heavy atom. The minimum Gasteiger partial charge on any atom is -0.389 e. The molecule has 1 rings (SSSR count). The zero-order valence-corrected chi connectivity index (χ0v) is 10.6. The molecular weight excluding hydrogens is 186 g/mol. The van der Waals surface area contributed by atoms with Gasteiger partial charge in [0.2, 0.25) is 0 Å². The Labute approximate surface area is 94.7 Å². The van der Waals surface area contributed by atoms with E-state index in [1.165, 1.54) is 38.5 Å². The highest BCUT2D eigenvalue weighted by molar-refractivity contribution is 4.77. The van der Waals surface area contributed by atoms with Crippen molar-refractivity contribution in [1.29, 1.82) is 0 Å². The van der Waals surface area contributed by atoms with Gasteiger partial charge in [0.1, 0.15) is 0 Å². The summed E-state index contributed by atoms with van der Waals surface area (Å²) in [5, 5.41) is 10.2. The second-order valence-electron chi connectivity index (χ2n) is 5.78. The fourth-order valence-corrected chi connectivity index (χ4v) is 2.75. The van der Waals surface area contributed by atoms with Crippen molar-refractivity contribution in [2.45, 2.75) is 57.5 Å². The van der Waals surface area contributed by atoms with Crippen LogP contribution in [0.15, 0.2) is 0 Å². The smallest absolute Gasteiger partial charge is 0.0746 e. The van der Waals surface area contributed by atoms with Crippen molar-refractivity contribution in [3.05, 3.63) is 0 Å². The van der Waals surface area contributed by atoms with Gasteiger partial charge in [-0.15, -0.1) is 0 Å². The maximum absolute atomic E-state index is 10.2. The fraction of sp³-hybridized carbons (Fsp3) is 1.00. The number of nitrogens with zero attached hydrogens (tertiary/aromatic N) is 1. The Bertz CT molecular complexity index is 171. The molecule has 0 bridgehead atoms. The maximum atomic E-state index is 10.2. The van der Waals surface area contributed by atoms with Crippen LogP contribution in [0.4, 0.5) is 0 Å². The lowest BCUT2D eigenvalue weighted by molar-refractivity contribution is 0.0184. The van der Waals surface area contributed by atoms with Crippen LogP contribution in [0.25, 0.3) is 0 Å². The zero-order chi connectivity index (χ0) is 11.3. The third kappa shape index (κ3) is 5.53. The van der Waals surface area contributed by atoms with Gasteiger partial charge in [-0.25, -0.2) is 0 Å². The lowest BCUT2D eigenvalue weighted by Gasteiger charge is -2.30. The fourth-order valence-electron chi connectivity index (χ4n) is 2.75. The molecule has 0 aromatic carbocycles. The highest BCUT2D eigenvalue weighted by Crippen LogP contribution is 2.29. The number of aliphatic hydroxyl groups is 1. The summed E-state index contributed by atoms with van der Waals surface area (Å²) in [6, 6.07) is 0. The maximum Gasteiger partial charge on any atom is 0.0746 e. The summed E-state index contributed by atoms with van der Waals surface area (Å²) in [6.07, 6.45) is 9.17. The highest BCUT2D eigenvalue weighted by Gasteiger charge is 2.23. The van der Waals surface area contributed by atoms with Crippen LogP contribution in [0.3, 0.4) is 0 Å². The van der Waals surface area contributed by atoms with E-state index < -0.39 is 5.60 Å². The summed E-state index contributed by atoms with van der Waals surface area (Å²) >= 11 is 0. The van der Waals surface area contributed by atoms with Gasteiger partial charge in [-0.2, -0.15) is 0 Å². The van der Waals surface area contributed by atoms with Crippen molar-refractivity contribution in [3.8, 4) is 0 Å². The molecule has 0 saturated heterocycles. The molecule has 1 aliphatic rings. The minimum absolute atomic E-state index is 0.499. The molecule has 1 atom stereocenters. The van der Waals surface area contributed by atoms with E-state index in [1.807, 2.05) is 21.0 Å². The first-order chi connectivity index (χ1) is 6.99. The zero-order valence-electron chi connectivity index (χ0n) is 10.6. The van der Waals surface area contributed by atoms with Gasteiger partial charge in [-0.1, -0.05) is 32.1 Å². The second-order valence-corrected chi connectivity index (χ2v) is 5.78. The van der Waals surface area contributed by atoms with Crippen LogP contribution in [0.1, 0.15) is 51.9 Å². The summed E-state index contributed by atoms with van der Waals surface area (Å²) in [7, 11) is 4.05. The molecule has 0 heterocycles. The Hall–Kier alpha value is -0.0800. The molecule has 2 nitrogen and oxygen atoms in total. The van der Waals surface area contributed by atoms with Crippen molar-refractivity contribution < 1.29 is 5.11 Å². The molecule has 2 heteroatoms. The SMILES string of the molecule is CN(C)CC(C)(O)CCC1CCCCC1. The molecule has 0 amide bonds. The van der Waals surface area contributed by atoms with Crippen molar-refractivity contribution in [2.24, 2.45) is 5.92 Å². The van der Waals surface area contributed by atoms with Gasteiger partial charge in [0.25, 0.3) is 0 Å². The van der Waals surface area contributed by atoms with Gasteiger partial charge in [0.15, 0.2) is 0 Å². The molecular formula is C13H27NO. The summed E-state index contributed by atoms with van der Waals surface area (Å²) < 4.78 is 0. The molecule has 0 aromatic rings. The monoisotopic (exact) mass is 213 g/mol. The number of likely N-dealkylation sites (N-methyl/N-ethyl adjacent to an activating group) is 1. The molecule has 15 heavy (non-hydrogen) atoms. The average molecular weight is 213 g/mol. The quantitative estimate of drug-likeness (QED) is 0.759. The molecule has 1 fully saturated rings. The third-order valence-electron chi connectivity index (χ3n) is 3.47. The van der Waals surface area contributed by atoms with Crippen LogP contribution >= 0.6 is 0 Å². The largest absolute Gasteiger partial charge is 0.389 e. The Kier molecular flexibility index (Phi) is 5.07. The molecule has 0 radical (unpaired) electrons. The molecule has 0 aromatic heterocycles. The Balaban J connectivity index is 2.21. The van der Waals surface area contributed by atoms with Gasteiger partial charge in [-0.05, 0) is 39.8 Å². The van der Waals surface area contributed by atoms with E-state index in [0.717, 1.165) is 18.9 Å². The van der Waals surface area contributed by atoms with Gasteiger partial charge < -0.3 is 10.0 Å². The van der Waals surface area contributed by atoms with Crippen LogP contribution in [0.2, 0.25) is 0 Å². The summed E-state index contributed by atoms with van der Waals surface area (Å²) in [4.78, 5) is 2.07. The number of hydrogen-bond acceptors (Lipinski definition) is 2. The Morgan fingerprint density at radius 1 is 1.20 bits per heavy atom. The second kappa shape index (κ2) is 5.86. The van der Waals surface area contributed by atoms with Crippen LogP contribution in [-0.4, -0.2) is 36.2 Å². The Morgan fingerprint density at radius 3 is 2.33 bits per heavy atom. The van der Waals surface area contributed by atoms with Crippen LogP contribution in [0, 0.1) is 5.92 Å². The first kappa shape index (κ1) is 13.0. The molecule has 1 N–H and O–H groups in total. The summed E-state index contributed by atoms with van der Waals surface area (Å²) in [5.74, 6) is 0.882. The minimum atomic E-state index is -0.499. The number of hydrogen-bond donors (Lipinski definition) is 1. The molecule has 0 aliphatic heterocycles. The van der Waals surface area contributed by atoms with E-state index >= 15 is 0 Å². The van der Waals surface area contributed by atoms with Gasteiger partial charge in [0.05, 0.1) is 5.60 Å². The van der Waals surface area contributed by atoms with Crippen LogP contribution < -0.4 is 0 Å². The first-order valence-corrected chi connectivity index (χ1v) is 6.37. The topological polar surface area (TPSA) is 23.5 Å². The molecule has 1 unspecified atom stereocenters. The van der Waals surface area contributed by atoms with Crippen molar-refractivity contribution in [1.82, 2.24) is 4.90 Å². The standard InChI is InChI=1S/C13H27NO/c1-13(15,11-14(2)3)10-9-12-7-5-4-6-8-12/h12,15H,4-11H2,1-3H3. The normalized spacial score (nSPS) is 23.0. The predicted molar refractivity (Wildman–Crippen MR) is 65.0 cm³/mol. The van der Waals surface area contributed by atoms with Crippen molar-refractivity contribution >= 4 is 0 Å². The first-order valence-electron chi connectivity index (χ1n) is 6.37. The molecule has 90 valence electrons. The van der Waals surface area contributed by atoms with Gasteiger partial charge >= 0.3 is 0 Å². The predicted octanol–water partition coefficient (Wildman–Crippen LogP) is 2.66. The van der Waals surface area contributed by atoms with Crippen molar-refractivity contribution in [2.75, 3.05) is 20.6 Å². The lowest BCUT2D eigenvalue weighted by Crippen LogP contribution is -2.37. The average Bonchev–Trinajstić information content (AvgIpc) is 2.15. The van der Waals surface area contributed by atoms with E-state index in [-0.39, 0.29) is 0 Å². The van der Waals surface area contributed by atoms with E-state index in [2.05, 4.69) is 4.90 Å². The highest BCUT2D eigenvalue weighted by atomic mass is 16.3.